The Labute approximate surface area is 164 Å². The van der Waals surface area contributed by atoms with E-state index < -0.39 is 10.0 Å². The molecule has 1 fully saturated rings. The van der Waals surface area contributed by atoms with Crippen molar-refractivity contribution in [1.29, 1.82) is 0 Å². The molecule has 8 heteroatoms. The lowest BCUT2D eigenvalue weighted by atomic mass is 10.1. The summed E-state index contributed by atoms with van der Waals surface area (Å²) < 4.78 is 31.8. The smallest absolute Gasteiger partial charge is 0.251 e. The number of hydrogen-bond donors (Lipinski definition) is 1. The minimum atomic E-state index is -3.57. The molecule has 3 rings (SSSR count). The van der Waals surface area contributed by atoms with Gasteiger partial charge in [-0.1, -0.05) is 23.7 Å². The zero-order valence-electron chi connectivity index (χ0n) is 14.9. The van der Waals surface area contributed by atoms with E-state index in [1.54, 1.807) is 12.1 Å². The Morgan fingerprint density at radius 1 is 1.15 bits per heavy atom. The number of rotatable bonds is 5. The number of benzene rings is 2. The highest BCUT2D eigenvalue weighted by Gasteiger charge is 2.26. The van der Waals surface area contributed by atoms with Gasteiger partial charge in [-0.15, -0.1) is 0 Å². The molecule has 0 saturated carbocycles. The molecule has 1 aliphatic heterocycles. The lowest BCUT2D eigenvalue weighted by Gasteiger charge is -2.26. The number of halogens is 1. The Morgan fingerprint density at radius 3 is 2.44 bits per heavy atom. The van der Waals surface area contributed by atoms with Gasteiger partial charge >= 0.3 is 0 Å². The van der Waals surface area contributed by atoms with E-state index in [0.29, 0.717) is 36.9 Å². The fourth-order valence-corrected chi connectivity index (χ4v) is 4.46. The van der Waals surface area contributed by atoms with Gasteiger partial charge in [0.25, 0.3) is 5.91 Å². The van der Waals surface area contributed by atoms with Gasteiger partial charge in [-0.05, 0) is 48.9 Å². The maximum Gasteiger partial charge on any atom is 0.251 e. The molecule has 1 heterocycles. The van der Waals surface area contributed by atoms with Crippen molar-refractivity contribution in [1.82, 2.24) is 9.62 Å². The average molecular weight is 409 g/mol. The molecule has 0 bridgehead atoms. The van der Waals surface area contributed by atoms with Crippen LogP contribution in [0.2, 0.25) is 5.02 Å². The summed E-state index contributed by atoms with van der Waals surface area (Å²) in [5.74, 6) is -0.280. The van der Waals surface area contributed by atoms with E-state index in [1.165, 1.54) is 28.6 Å². The summed E-state index contributed by atoms with van der Waals surface area (Å²) in [5, 5.41) is 3.49. The fourth-order valence-electron chi connectivity index (χ4n) is 2.85. The first-order valence-electron chi connectivity index (χ1n) is 8.62. The van der Waals surface area contributed by atoms with E-state index in [4.69, 9.17) is 16.3 Å². The molecule has 0 radical (unpaired) electrons. The number of nitrogens with zero attached hydrogens (tertiary/aromatic N) is 1. The van der Waals surface area contributed by atoms with E-state index in [1.807, 2.05) is 19.1 Å². The second kappa shape index (κ2) is 8.39. The number of carbonyl (C=O) groups excluding carboxylic acids is 1. The number of morpholine rings is 1. The van der Waals surface area contributed by atoms with Crippen LogP contribution >= 0.6 is 11.6 Å². The monoisotopic (exact) mass is 408 g/mol. The van der Waals surface area contributed by atoms with Crippen LogP contribution in [-0.4, -0.2) is 44.9 Å². The van der Waals surface area contributed by atoms with E-state index in [9.17, 15) is 13.2 Å². The Morgan fingerprint density at radius 2 is 1.81 bits per heavy atom. The highest BCUT2D eigenvalue weighted by atomic mass is 35.5. The van der Waals surface area contributed by atoms with Crippen molar-refractivity contribution in [3.8, 4) is 0 Å². The molecule has 1 N–H and O–H groups in total. The predicted molar refractivity (Wildman–Crippen MR) is 103 cm³/mol. The number of hydrogen-bond acceptors (Lipinski definition) is 4. The normalized spacial score (nSPS) is 16.7. The number of sulfonamides is 1. The number of nitrogens with one attached hydrogen (secondary N) is 1. The van der Waals surface area contributed by atoms with Gasteiger partial charge in [-0.25, -0.2) is 8.42 Å². The molecule has 0 unspecified atom stereocenters. The Kier molecular flexibility index (Phi) is 6.16. The van der Waals surface area contributed by atoms with Crippen molar-refractivity contribution < 1.29 is 17.9 Å². The van der Waals surface area contributed by atoms with Crippen LogP contribution in [0.3, 0.4) is 0 Å². The SMILES string of the molecule is C[C@@H](NC(=O)c1ccc(S(=O)(=O)N2CCOCC2)cc1)c1cccc(Cl)c1. The highest BCUT2D eigenvalue weighted by molar-refractivity contribution is 7.89. The number of ether oxygens (including phenoxy) is 1. The molecule has 0 aliphatic carbocycles. The van der Waals surface area contributed by atoms with E-state index >= 15 is 0 Å². The lowest BCUT2D eigenvalue weighted by molar-refractivity contribution is 0.0730. The summed E-state index contributed by atoms with van der Waals surface area (Å²) >= 11 is 5.99. The highest BCUT2D eigenvalue weighted by Crippen LogP contribution is 2.20. The van der Waals surface area contributed by atoms with Crippen LogP contribution in [0, 0.1) is 0 Å². The molecule has 1 amide bonds. The fraction of sp³-hybridized carbons (Fsp3) is 0.316. The molecular formula is C19H21ClN2O4S. The van der Waals surface area contributed by atoms with Gasteiger partial charge in [0.05, 0.1) is 24.2 Å². The van der Waals surface area contributed by atoms with Gasteiger partial charge in [-0.3, -0.25) is 4.79 Å². The second-order valence-electron chi connectivity index (χ2n) is 6.29. The quantitative estimate of drug-likeness (QED) is 0.825. The van der Waals surface area contributed by atoms with Gasteiger partial charge in [0.15, 0.2) is 0 Å². The van der Waals surface area contributed by atoms with Crippen molar-refractivity contribution in [2.75, 3.05) is 26.3 Å². The lowest BCUT2D eigenvalue weighted by Crippen LogP contribution is -2.40. The number of carbonyl (C=O) groups is 1. The van der Waals surface area contributed by atoms with Gasteiger partial charge in [0.2, 0.25) is 10.0 Å². The largest absolute Gasteiger partial charge is 0.379 e. The van der Waals surface area contributed by atoms with E-state index in [2.05, 4.69) is 5.32 Å². The first kappa shape index (κ1) is 19.8. The third kappa shape index (κ3) is 4.68. The summed E-state index contributed by atoms with van der Waals surface area (Å²) in [6.07, 6.45) is 0. The third-order valence-corrected chi connectivity index (χ3v) is 6.57. The van der Waals surface area contributed by atoms with Crippen LogP contribution in [-0.2, 0) is 14.8 Å². The molecule has 0 aromatic heterocycles. The Balaban J connectivity index is 1.70. The van der Waals surface area contributed by atoms with Crippen LogP contribution in [0.25, 0.3) is 0 Å². The third-order valence-electron chi connectivity index (χ3n) is 4.42. The zero-order chi connectivity index (χ0) is 19.4. The molecular weight excluding hydrogens is 388 g/mol. The topological polar surface area (TPSA) is 75.7 Å². The van der Waals surface area contributed by atoms with Crippen molar-refractivity contribution >= 4 is 27.5 Å². The van der Waals surface area contributed by atoms with Crippen LogP contribution < -0.4 is 5.32 Å². The molecule has 2 aromatic carbocycles. The van der Waals surface area contributed by atoms with Crippen LogP contribution in [0.4, 0.5) is 0 Å². The van der Waals surface area contributed by atoms with Crippen LogP contribution in [0.15, 0.2) is 53.4 Å². The molecule has 0 spiro atoms. The first-order valence-corrected chi connectivity index (χ1v) is 10.4. The van der Waals surface area contributed by atoms with Crippen molar-refractivity contribution in [2.24, 2.45) is 0 Å². The van der Waals surface area contributed by atoms with Gasteiger partial charge in [-0.2, -0.15) is 4.31 Å². The standard InChI is InChI=1S/C19H21ClN2O4S/c1-14(16-3-2-4-17(20)13-16)21-19(23)15-5-7-18(8-6-15)27(24,25)22-9-11-26-12-10-22/h2-8,13-14H,9-12H2,1H3,(H,21,23)/t14-/m1/s1. The van der Waals surface area contributed by atoms with Crippen molar-refractivity contribution in [2.45, 2.75) is 17.9 Å². The van der Waals surface area contributed by atoms with E-state index in [0.717, 1.165) is 5.56 Å². The first-order chi connectivity index (χ1) is 12.9. The zero-order valence-corrected chi connectivity index (χ0v) is 16.5. The molecule has 144 valence electrons. The molecule has 1 atom stereocenters. The molecule has 27 heavy (non-hydrogen) atoms. The summed E-state index contributed by atoms with van der Waals surface area (Å²) in [5.41, 5.74) is 1.28. The maximum atomic E-state index is 12.6. The Bertz CT molecular complexity index is 910. The van der Waals surface area contributed by atoms with Crippen LogP contribution in [0.1, 0.15) is 28.9 Å². The minimum absolute atomic E-state index is 0.170. The van der Waals surface area contributed by atoms with Gasteiger partial charge in [0, 0.05) is 23.7 Å². The van der Waals surface area contributed by atoms with E-state index in [-0.39, 0.29) is 16.8 Å². The minimum Gasteiger partial charge on any atom is -0.379 e. The summed E-state index contributed by atoms with van der Waals surface area (Å²) in [6, 6.07) is 13.0. The second-order valence-corrected chi connectivity index (χ2v) is 8.67. The predicted octanol–water partition coefficient (Wildman–Crippen LogP) is 2.85. The van der Waals surface area contributed by atoms with Crippen molar-refractivity contribution in [3.63, 3.8) is 0 Å². The summed E-state index contributed by atoms with van der Waals surface area (Å²) in [6.45, 7) is 3.31. The van der Waals surface area contributed by atoms with Crippen LogP contribution in [0.5, 0.6) is 0 Å². The average Bonchev–Trinajstić information content (AvgIpc) is 2.68. The molecule has 6 nitrogen and oxygen atoms in total. The molecule has 1 saturated heterocycles. The summed E-state index contributed by atoms with van der Waals surface area (Å²) in [4.78, 5) is 12.6. The molecule has 2 aromatic rings. The number of amides is 1. The Hall–Kier alpha value is -1.93. The van der Waals surface area contributed by atoms with Crippen molar-refractivity contribution in [3.05, 3.63) is 64.7 Å². The maximum absolute atomic E-state index is 12.6. The van der Waals surface area contributed by atoms with Gasteiger partial charge < -0.3 is 10.1 Å². The molecule has 1 aliphatic rings. The summed E-state index contributed by atoms with van der Waals surface area (Å²) in [7, 11) is -3.57. The van der Waals surface area contributed by atoms with Gasteiger partial charge in [0.1, 0.15) is 0 Å².